The number of thiol groups is 1. The van der Waals surface area contributed by atoms with Crippen molar-refractivity contribution in [2.45, 2.75) is 256 Å². The third-order valence-electron chi connectivity index (χ3n) is 22.2. The number of hydrogen-bond acceptors (Lipinski definition) is 25. The van der Waals surface area contributed by atoms with Crippen molar-refractivity contribution in [3.63, 3.8) is 0 Å². The van der Waals surface area contributed by atoms with Crippen LogP contribution in [0, 0.1) is 23.7 Å². The lowest BCUT2D eigenvalue weighted by Crippen LogP contribution is -2.62. The molecule has 1 aliphatic heterocycles. The third-order valence-corrected chi connectivity index (χ3v) is 22.6. The molecule has 27 N–H and O–H groups in total. The number of aliphatic hydroxyl groups excluding tert-OH is 1. The van der Waals surface area contributed by atoms with Crippen LogP contribution in [0.15, 0.2) is 91.4 Å². The van der Waals surface area contributed by atoms with Gasteiger partial charge in [-0.3, -0.25) is 81.5 Å². The highest BCUT2D eigenvalue weighted by Crippen LogP contribution is 2.23. The molecule has 0 radical (unpaired) electrons. The van der Waals surface area contributed by atoms with Gasteiger partial charge in [0.2, 0.25) is 100 Å². The Balaban J connectivity index is 1.29. The summed E-state index contributed by atoms with van der Waals surface area (Å²) >= 11 is 4.31. The number of aliphatic carboxylic acids is 1. The Kier molecular flexibility index (Phi) is 44.8. The van der Waals surface area contributed by atoms with Crippen molar-refractivity contribution in [3.05, 3.63) is 114 Å². The molecule has 1 saturated heterocycles. The van der Waals surface area contributed by atoms with E-state index in [4.69, 9.17) is 22.9 Å². The minimum atomic E-state index is -1.82. The number of rotatable bonds is 55. The number of amides is 17. The molecule has 3 aromatic carbocycles. The molecule has 0 unspecified atom stereocenters. The van der Waals surface area contributed by atoms with Crippen LogP contribution in [-0.2, 0) is 112 Å². The van der Waals surface area contributed by atoms with Gasteiger partial charge in [-0.25, -0.2) is 9.78 Å². The number of carboxylic acids is 1. The Morgan fingerprint density at radius 3 is 1.47 bits per heavy atom. The number of nitrogens with one attached hydrogen (secondary N) is 15. The number of likely N-dealkylation sites (tertiary alicyclic amines) is 1. The molecule has 44 heteroatoms. The number of aromatic hydroxyl groups is 2. The van der Waals surface area contributed by atoms with Crippen LogP contribution in [0.25, 0.3) is 0 Å². The van der Waals surface area contributed by atoms with Gasteiger partial charge in [-0.15, -0.1) is 0 Å². The molecule has 43 nitrogen and oxygen atoms in total. The number of phenols is 2. The van der Waals surface area contributed by atoms with E-state index < -0.39 is 234 Å². The first-order valence-corrected chi connectivity index (χ1v) is 44.2. The lowest BCUT2D eigenvalue weighted by molar-refractivity contribution is -0.143. The van der Waals surface area contributed by atoms with Crippen LogP contribution in [0.4, 0.5) is 0 Å². The summed E-state index contributed by atoms with van der Waals surface area (Å²) in [5.41, 5.74) is 24.6. The summed E-state index contributed by atoms with van der Waals surface area (Å²) in [5, 5.41) is 76.6. The predicted octanol–water partition coefficient (Wildman–Crippen LogP) is -4.08. The zero-order valence-corrected chi connectivity index (χ0v) is 76.1. The Morgan fingerprint density at radius 2 is 0.954 bits per heavy atom. The number of unbranched alkanes of at least 4 members (excludes halogenated alkanes) is 1. The smallest absolute Gasteiger partial charge is 0.326 e. The van der Waals surface area contributed by atoms with E-state index >= 15 is 4.79 Å². The number of carbonyl (C=O) groups is 18. The lowest BCUT2D eigenvalue weighted by Gasteiger charge is -2.31. The van der Waals surface area contributed by atoms with Crippen molar-refractivity contribution >= 4 is 119 Å². The van der Waals surface area contributed by atoms with Crippen LogP contribution >= 0.6 is 12.6 Å². The third kappa shape index (κ3) is 35.5. The topological polar surface area (TPSA) is 693 Å². The van der Waals surface area contributed by atoms with E-state index in [1.54, 1.807) is 78.8 Å². The summed E-state index contributed by atoms with van der Waals surface area (Å²) in [6.07, 6.45) is -0.0608. The number of aromatic amines is 1. The molecular weight excluding hydrogens is 1720 g/mol. The quantitative estimate of drug-likeness (QED) is 0.0148. The van der Waals surface area contributed by atoms with Crippen molar-refractivity contribution in [2.24, 2.45) is 46.6 Å². The SMILES string of the molecule is CC[C@H](C)[C@H](N)C(=O)N[C@@H](Cc1ccc(O)cc1)C(=O)N[C@H](C(=O)N[C@@H](Cc1ccc(O)cc1)C(=O)N1CCC[C@H]1C(=O)N[C@@H](CC(N)=O)C(=O)N[C@@H](CCCCN)C(=O)N[C@H](C(=O)N[C@@H](Cc1ccccc1)C(=O)N[C@@H](CS)C(=O)NCC(=O)N[C@H](C(=O)N[C@H](C(=O)N[C@@H](C)C(=O)N[C@@H](Cc1c[nH]cn1)C(=O)N[C@@H](CCC(N)=O)C(=O)O)C(C)C)[C@@H](C)CC)C(C)C)[C@@H](C)O. The van der Waals surface area contributed by atoms with Crippen LogP contribution in [-0.4, -0.2) is 264 Å². The minimum absolute atomic E-state index is 0.0303. The Bertz CT molecular complexity index is 4550. The number of carboxylic acid groups (broad SMARTS) is 1. The van der Waals surface area contributed by atoms with Gasteiger partial charge in [-0.1, -0.05) is 123 Å². The van der Waals surface area contributed by atoms with E-state index in [0.29, 0.717) is 36.0 Å². The van der Waals surface area contributed by atoms with Gasteiger partial charge in [-0.05, 0) is 124 Å². The molecule has 0 saturated carbocycles. The molecule has 131 heavy (non-hydrogen) atoms. The van der Waals surface area contributed by atoms with Gasteiger partial charge in [0.05, 0.1) is 37.1 Å². The Hall–Kier alpha value is -12.8. The summed E-state index contributed by atoms with van der Waals surface area (Å²) in [6, 6.07) is -2.47. The molecule has 720 valence electrons. The van der Waals surface area contributed by atoms with Gasteiger partial charge in [0, 0.05) is 50.6 Å². The summed E-state index contributed by atoms with van der Waals surface area (Å²) in [5.74, 6) is -20.2. The van der Waals surface area contributed by atoms with Gasteiger partial charge >= 0.3 is 5.97 Å². The van der Waals surface area contributed by atoms with E-state index in [1.807, 2.05) is 6.92 Å². The second-order valence-electron chi connectivity index (χ2n) is 33.3. The number of primary amides is 2. The van der Waals surface area contributed by atoms with E-state index in [0.717, 1.165) is 4.90 Å². The molecule has 1 aromatic heterocycles. The largest absolute Gasteiger partial charge is 0.508 e. The van der Waals surface area contributed by atoms with Gasteiger partial charge in [0.15, 0.2) is 0 Å². The molecule has 4 aromatic rings. The van der Waals surface area contributed by atoms with Crippen molar-refractivity contribution in [3.8, 4) is 11.5 Å². The number of benzene rings is 3. The maximum Gasteiger partial charge on any atom is 0.326 e. The molecule has 18 atom stereocenters. The Morgan fingerprint density at radius 1 is 0.489 bits per heavy atom. The second-order valence-corrected chi connectivity index (χ2v) is 33.7. The fraction of sp³-hybridized carbons (Fsp3) is 0.552. The first-order valence-electron chi connectivity index (χ1n) is 43.5. The van der Waals surface area contributed by atoms with Crippen molar-refractivity contribution in [2.75, 3.05) is 25.4 Å². The maximum absolute atomic E-state index is 15.0. The van der Waals surface area contributed by atoms with Gasteiger partial charge in [0.1, 0.15) is 96.1 Å². The standard InChI is InChI=1S/C87H129N21O22S/c1-11-46(7)68(91)81(123)100-59(36-51-23-27-54(110)28-24-51)79(121)107-72(49(10)109)85(127)102-62(37-52-25-29-55(111)30-26-52)86(128)108-34-18-22-64(108)80(122)99-61(39-66(90)113)78(120)96-56(21-16-17-33-88)75(117)105-70(45(5)6)83(125)101-58(35-50-19-14-13-15-20-50)76(118)103-63(42-131)74(116)93-41-67(114)104-71(47(8)12-2)84(126)106-69(44(3)4)82(124)95-48(9)73(115)98-60(38-53-40-92-43-94-53)77(119)97-57(87(129)130)31-32-65(89)112/h13-15,19-20,23-30,40,43-49,56-64,68-72,109-111,131H,11-12,16-18,21-22,31-39,41-42,88,91H2,1-10H3,(H2,89,112)(H2,90,113)(H,92,94)(H,93,116)(H,95,124)(H,96,120)(H,97,119)(H,98,115)(H,99,122)(H,100,123)(H,101,125)(H,102,127)(H,103,118)(H,104,114)(H,105,117)(H,106,126)(H,107,121)(H,129,130)/t46-,47-,48-,49+,56-,57-,58-,59-,60-,61-,62-,63-,64-,68-,69-,70-,71-,72-/m0/s1. The number of nitrogens with two attached hydrogens (primary N) is 4. The molecule has 1 aliphatic rings. The molecule has 5 rings (SSSR count). The zero-order chi connectivity index (χ0) is 97.6. The summed E-state index contributed by atoms with van der Waals surface area (Å²) in [7, 11) is 0. The molecule has 0 bridgehead atoms. The number of H-pyrrole nitrogens is 1. The Labute approximate surface area is 764 Å². The van der Waals surface area contributed by atoms with E-state index in [-0.39, 0.29) is 106 Å². The zero-order valence-electron chi connectivity index (χ0n) is 75.2. The first kappa shape index (κ1) is 109. The number of aromatic nitrogens is 2. The number of phenolic OH excluding ortho intramolecular Hbond substituents is 2. The van der Waals surface area contributed by atoms with Crippen LogP contribution < -0.4 is 97.4 Å². The number of hydrogen-bond donors (Lipinski definition) is 24. The van der Waals surface area contributed by atoms with Crippen LogP contribution in [0.5, 0.6) is 11.5 Å². The fourth-order valence-corrected chi connectivity index (χ4v) is 14.2. The molecule has 0 spiro atoms. The van der Waals surface area contributed by atoms with Gasteiger partial charge < -0.3 is 128 Å². The maximum atomic E-state index is 15.0. The summed E-state index contributed by atoms with van der Waals surface area (Å²) in [4.78, 5) is 258. The average molecular weight is 1850 g/mol. The monoisotopic (exact) mass is 1850 g/mol. The number of aliphatic hydroxyl groups is 1. The molecule has 1 fully saturated rings. The average Bonchev–Trinajstić information content (AvgIpc) is 1.69. The van der Waals surface area contributed by atoms with E-state index in [2.05, 4.69) is 97.0 Å². The molecule has 17 amide bonds. The number of carbonyl (C=O) groups excluding carboxylic acids is 17. The summed E-state index contributed by atoms with van der Waals surface area (Å²) in [6.45, 7) is 15.0. The van der Waals surface area contributed by atoms with Crippen LogP contribution in [0.3, 0.4) is 0 Å². The minimum Gasteiger partial charge on any atom is -0.508 e. The number of imidazole rings is 1. The number of nitrogens with zero attached hydrogens (tertiary/aromatic N) is 2. The van der Waals surface area contributed by atoms with Gasteiger partial charge in [0.25, 0.3) is 0 Å². The second kappa shape index (κ2) is 54.0. The van der Waals surface area contributed by atoms with Crippen molar-refractivity contribution < 1.29 is 107 Å². The summed E-state index contributed by atoms with van der Waals surface area (Å²) < 4.78 is 0. The van der Waals surface area contributed by atoms with Crippen molar-refractivity contribution in [1.29, 1.82) is 0 Å². The van der Waals surface area contributed by atoms with E-state index in [1.165, 1.54) is 74.9 Å². The van der Waals surface area contributed by atoms with E-state index in [9.17, 15) is 102 Å². The molecule has 0 aliphatic carbocycles. The van der Waals surface area contributed by atoms with Crippen LogP contribution in [0.2, 0.25) is 0 Å². The molecule has 2 heterocycles. The first-order chi connectivity index (χ1) is 61.9. The normalized spacial score (nSPS) is 16.3. The fourth-order valence-electron chi connectivity index (χ4n) is 13.9. The lowest BCUT2D eigenvalue weighted by atomic mass is 9.96. The molecular formula is C87H129N21O22S. The predicted molar refractivity (Wildman–Crippen MR) is 479 cm³/mol. The highest BCUT2D eigenvalue weighted by molar-refractivity contribution is 7.80. The van der Waals surface area contributed by atoms with Crippen LogP contribution in [0.1, 0.15) is 156 Å². The highest BCUT2D eigenvalue weighted by atomic mass is 32.1. The van der Waals surface area contributed by atoms with Gasteiger partial charge in [-0.2, -0.15) is 12.6 Å². The highest BCUT2D eigenvalue weighted by Gasteiger charge is 2.43. The van der Waals surface area contributed by atoms with Crippen molar-refractivity contribution in [1.82, 2.24) is 89.3 Å².